The van der Waals surface area contributed by atoms with E-state index in [4.69, 9.17) is 0 Å². The Morgan fingerprint density at radius 2 is 1.90 bits per heavy atom. The SMILES string of the molecule is COC(=O)C1CS(=O)(=O)C2CC(C(C)(C)C)CCC2N1. The Bertz CT molecular complexity index is 480. The van der Waals surface area contributed by atoms with Gasteiger partial charge < -0.3 is 4.74 Å². The maximum Gasteiger partial charge on any atom is 0.323 e. The third kappa shape index (κ3) is 3.01. The molecular weight excluding hydrogens is 278 g/mol. The molecule has 1 saturated heterocycles. The first-order chi connectivity index (χ1) is 9.15. The van der Waals surface area contributed by atoms with Gasteiger partial charge in [0.1, 0.15) is 6.04 Å². The zero-order chi connectivity index (χ0) is 15.1. The van der Waals surface area contributed by atoms with Gasteiger partial charge in [-0.25, -0.2) is 8.42 Å². The molecule has 2 rings (SSSR count). The summed E-state index contributed by atoms with van der Waals surface area (Å²) < 4.78 is 29.6. The van der Waals surface area contributed by atoms with Crippen LogP contribution in [0.5, 0.6) is 0 Å². The van der Waals surface area contributed by atoms with E-state index in [1.54, 1.807) is 0 Å². The summed E-state index contributed by atoms with van der Waals surface area (Å²) in [5, 5.41) is 2.82. The molecule has 0 amide bonds. The summed E-state index contributed by atoms with van der Waals surface area (Å²) in [6, 6.07) is -0.825. The fourth-order valence-corrected chi connectivity index (χ4v) is 5.63. The molecule has 0 aromatic heterocycles. The predicted molar refractivity (Wildman–Crippen MR) is 77.1 cm³/mol. The van der Waals surface area contributed by atoms with Gasteiger partial charge in [-0.05, 0) is 30.6 Å². The highest BCUT2D eigenvalue weighted by molar-refractivity contribution is 7.92. The molecule has 2 aliphatic rings. The quantitative estimate of drug-likeness (QED) is 0.735. The van der Waals surface area contributed by atoms with Crippen LogP contribution in [-0.2, 0) is 19.4 Å². The molecule has 1 heterocycles. The second-order valence-electron chi connectivity index (χ2n) is 7.09. The van der Waals surface area contributed by atoms with Crippen molar-refractivity contribution in [2.24, 2.45) is 11.3 Å². The van der Waals surface area contributed by atoms with E-state index in [-0.39, 0.29) is 22.5 Å². The number of hydrogen-bond donors (Lipinski definition) is 1. The van der Waals surface area contributed by atoms with E-state index >= 15 is 0 Å². The van der Waals surface area contributed by atoms with Gasteiger partial charge in [-0.1, -0.05) is 20.8 Å². The van der Waals surface area contributed by atoms with Crippen molar-refractivity contribution in [2.75, 3.05) is 12.9 Å². The first-order valence-corrected chi connectivity index (χ1v) is 8.92. The van der Waals surface area contributed by atoms with E-state index in [2.05, 4.69) is 30.8 Å². The van der Waals surface area contributed by atoms with Gasteiger partial charge in [-0.2, -0.15) is 0 Å². The normalized spacial score (nSPS) is 37.0. The number of carbonyl (C=O) groups excluding carboxylic acids is 1. The van der Waals surface area contributed by atoms with Crippen molar-refractivity contribution in [2.45, 2.75) is 57.4 Å². The minimum Gasteiger partial charge on any atom is -0.468 e. The highest BCUT2D eigenvalue weighted by Crippen LogP contribution is 2.41. The van der Waals surface area contributed by atoms with E-state index in [0.29, 0.717) is 12.3 Å². The summed E-state index contributed by atoms with van der Waals surface area (Å²) >= 11 is 0. The van der Waals surface area contributed by atoms with Gasteiger partial charge in [-0.3, -0.25) is 10.1 Å². The summed E-state index contributed by atoms with van der Waals surface area (Å²) in [6.07, 6.45) is 2.50. The van der Waals surface area contributed by atoms with Crippen molar-refractivity contribution in [1.29, 1.82) is 0 Å². The summed E-state index contributed by atoms with van der Waals surface area (Å²) in [6.45, 7) is 6.49. The molecule has 6 heteroatoms. The van der Waals surface area contributed by atoms with Crippen molar-refractivity contribution >= 4 is 15.8 Å². The van der Waals surface area contributed by atoms with Crippen LogP contribution in [0.2, 0.25) is 0 Å². The van der Waals surface area contributed by atoms with Crippen LogP contribution in [0.15, 0.2) is 0 Å². The zero-order valence-electron chi connectivity index (χ0n) is 12.7. The number of fused-ring (bicyclic) bond motifs is 1. The second kappa shape index (κ2) is 5.30. The number of rotatable bonds is 1. The topological polar surface area (TPSA) is 72.5 Å². The van der Waals surface area contributed by atoms with Gasteiger partial charge >= 0.3 is 5.97 Å². The van der Waals surface area contributed by atoms with Crippen molar-refractivity contribution in [3.05, 3.63) is 0 Å². The predicted octanol–water partition coefficient (Wildman–Crippen LogP) is 1.13. The Morgan fingerprint density at radius 1 is 1.25 bits per heavy atom. The molecule has 0 aromatic carbocycles. The standard InChI is InChI=1S/C14H25NO4S/c1-14(2,3)9-5-6-10-12(7-9)20(17,18)8-11(15-10)13(16)19-4/h9-12,15H,5-8H2,1-4H3. The number of ether oxygens (including phenoxy) is 1. The molecule has 1 aliphatic carbocycles. The van der Waals surface area contributed by atoms with Gasteiger partial charge in [0, 0.05) is 6.04 Å². The molecule has 1 saturated carbocycles. The highest BCUT2D eigenvalue weighted by atomic mass is 32.2. The molecule has 1 N–H and O–H groups in total. The minimum atomic E-state index is -3.24. The van der Waals surface area contributed by atoms with E-state index in [0.717, 1.165) is 12.8 Å². The number of esters is 1. The average molecular weight is 303 g/mol. The molecule has 0 aromatic rings. The Balaban J connectivity index is 2.18. The Kier molecular flexibility index (Phi) is 4.17. The fourth-order valence-electron chi connectivity index (χ4n) is 3.44. The van der Waals surface area contributed by atoms with Gasteiger partial charge in [0.2, 0.25) is 0 Å². The molecule has 5 nitrogen and oxygen atoms in total. The fraction of sp³-hybridized carbons (Fsp3) is 0.929. The van der Waals surface area contributed by atoms with Gasteiger partial charge in [-0.15, -0.1) is 0 Å². The molecule has 116 valence electrons. The maximum absolute atomic E-state index is 12.5. The van der Waals surface area contributed by atoms with Gasteiger partial charge in [0.15, 0.2) is 9.84 Å². The minimum absolute atomic E-state index is 0.114. The lowest BCUT2D eigenvalue weighted by molar-refractivity contribution is -0.143. The van der Waals surface area contributed by atoms with E-state index < -0.39 is 21.8 Å². The van der Waals surface area contributed by atoms with Crippen LogP contribution in [0, 0.1) is 11.3 Å². The van der Waals surface area contributed by atoms with Crippen LogP contribution in [0.1, 0.15) is 40.0 Å². The lowest BCUT2D eigenvalue weighted by Gasteiger charge is -2.45. The average Bonchev–Trinajstić information content (AvgIpc) is 2.35. The Hall–Kier alpha value is -0.620. The monoisotopic (exact) mass is 303 g/mol. The molecule has 0 spiro atoms. The first kappa shape index (κ1) is 15.8. The smallest absolute Gasteiger partial charge is 0.323 e. The molecule has 4 unspecified atom stereocenters. The molecule has 4 atom stereocenters. The van der Waals surface area contributed by atoms with Gasteiger partial charge in [0.25, 0.3) is 0 Å². The Labute approximate surface area is 121 Å². The summed E-state index contributed by atoms with van der Waals surface area (Å²) in [4.78, 5) is 11.6. The van der Waals surface area contributed by atoms with Crippen LogP contribution in [0.3, 0.4) is 0 Å². The Morgan fingerprint density at radius 3 is 2.45 bits per heavy atom. The number of methoxy groups -OCH3 is 1. The number of sulfone groups is 1. The second-order valence-corrected chi connectivity index (χ2v) is 9.36. The lowest BCUT2D eigenvalue weighted by atomic mass is 9.71. The number of carbonyl (C=O) groups is 1. The lowest BCUT2D eigenvalue weighted by Crippen LogP contribution is -2.62. The van der Waals surface area contributed by atoms with E-state index in [1.165, 1.54) is 7.11 Å². The van der Waals surface area contributed by atoms with Crippen LogP contribution < -0.4 is 5.32 Å². The van der Waals surface area contributed by atoms with Crippen molar-refractivity contribution in [3.8, 4) is 0 Å². The molecule has 0 bridgehead atoms. The highest BCUT2D eigenvalue weighted by Gasteiger charge is 2.48. The molecule has 20 heavy (non-hydrogen) atoms. The van der Waals surface area contributed by atoms with Crippen molar-refractivity contribution < 1.29 is 17.9 Å². The molecular formula is C14H25NO4S. The van der Waals surface area contributed by atoms with Crippen LogP contribution >= 0.6 is 0 Å². The number of nitrogens with one attached hydrogen (secondary N) is 1. The zero-order valence-corrected chi connectivity index (χ0v) is 13.5. The van der Waals surface area contributed by atoms with E-state index in [9.17, 15) is 13.2 Å². The van der Waals surface area contributed by atoms with E-state index in [1.807, 2.05) is 0 Å². The van der Waals surface area contributed by atoms with Crippen LogP contribution in [-0.4, -0.2) is 44.6 Å². The number of hydrogen-bond acceptors (Lipinski definition) is 5. The third-order valence-corrected chi connectivity index (χ3v) is 7.02. The molecule has 2 fully saturated rings. The molecule has 0 radical (unpaired) electrons. The largest absolute Gasteiger partial charge is 0.468 e. The maximum atomic E-state index is 12.5. The van der Waals surface area contributed by atoms with Crippen LogP contribution in [0.4, 0.5) is 0 Å². The summed E-state index contributed by atoms with van der Waals surface area (Å²) in [5.74, 6) is -0.211. The van der Waals surface area contributed by atoms with Gasteiger partial charge in [0.05, 0.1) is 18.1 Å². The van der Waals surface area contributed by atoms with Crippen LogP contribution in [0.25, 0.3) is 0 Å². The summed E-state index contributed by atoms with van der Waals surface area (Å²) in [5.41, 5.74) is 0.125. The first-order valence-electron chi connectivity index (χ1n) is 7.20. The van der Waals surface area contributed by atoms with Crippen molar-refractivity contribution in [3.63, 3.8) is 0 Å². The third-order valence-electron chi connectivity index (χ3n) is 4.78. The molecule has 1 aliphatic heterocycles. The van der Waals surface area contributed by atoms with Crippen molar-refractivity contribution in [1.82, 2.24) is 5.32 Å². The summed E-state index contributed by atoms with van der Waals surface area (Å²) in [7, 11) is -1.95.